The average molecular weight is 266 g/mol. The van der Waals surface area contributed by atoms with Gasteiger partial charge in [0, 0.05) is 18.1 Å². The molecular formula is C13H12ClNO3. The van der Waals surface area contributed by atoms with Crippen molar-refractivity contribution in [2.75, 3.05) is 0 Å². The summed E-state index contributed by atoms with van der Waals surface area (Å²) in [6, 6.07) is 4.94. The zero-order valence-corrected chi connectivity index (χ0v) is 10.6. The molecule has 0 unspecified atom stereocenters. The van der Waals surface area contributed by atoms with Crippen LogP contribution >= 0.6 is 11.6 Å². The van der Waals surface area contributed by atoms with Crippen molar-refractivity contribution in [3.8, 4) is 0 Å². The fraction of sp³-hybridized carbons (Fsp3) is 0.231. The summed E-state index contributed by atoms with van der Waals surface area (Å²) in [5.41, 5.74) is -0.124. The molecule has 2 rings (SSSR count). The molecule has 0 bridgehead atoms. The molecule has 4 nitrogen and oxygen atoms in total. The number of aryl methyl sites for hydroxylation is 1. The van der Waals surface area contributed by atoms with Crippen LogP contribution in [0.3, 0.4) is 0 Å². The molecule has 18 heavy (non-hydrogen) atoms. The first-order chi connectivity index (χ1) is 8.56. The minimum atomic E-state index is -1.22. The summed E-state index contributed by atoms with van der Waals surface area (Å²) < 4.78 is 1.72. The summed E-state index contributed by atoms with van der Waals surface area (Å²) in [4.78, 5) is 23.1. The van der Waals surface area contributed by atoms with Gasteiger partial charge in [-0.1, -0.05) is 24.6 Å². The molecule has 2 aromatic rings. The lowest BCUT2D eigenvalue weighted by molar-refractivity contribution is 0.0695. The number of carboxylic acids is 1. The minimum Gasteiger partial charge on any atom is -0.477 e. The Kier molecular flexibility index (Phi) is 3.39. The van der Waals surface area contributed by atoms with Crippen LogP contribution in [0.1, 0.15) is 23.7 Å². The molecule has 0 atom stereocenters. The molecule has 0 amide bonds. The Morgan fingerprint density at radius 2 is 2.17 bits per heavy atom. The van der Waals surface area contributed by atoms with Crippen LogP contribution in [0.15, 0.2) is 29.2 Å². The quantitative estimate of drug-likeness (QED) is 0.928. The number of aromatic carboxylic acids is 1. The second kappa shape index (κ2) is 4.82. The number of pyridine rings is 1. The van der Waals surface area contributed by atoms with Crippen molar-refractivity contribution in [1.82, 2.24) is 4.57 Å². The van der Waals surface area contributed by atoms with E-state index in [1.807, 2.05) is 6.92 Å². The number of carbonyl (C=O) groups is 1. The van der Waals surface area contributed by atoms with E-state index >= 15 is 0 Å². The molecule has 0 saturated carbocycles. The van der Waals surface area contributed by atoms with Gasteiger partial charge in [0.2, 0.25) is 5.43 Å². The van der Waals surface area contributed by atoms with Gasteiger partial charge in [-0.2, -0.15) is 0 Å². The number of carboxylic acid groups (broad SMARTS) is 1. The third-order valence-electron chi connectivity index (χ3n) is 2.74. The number of nitrogens with zero attached hydrogens (tertiary/aromatic N) is 1. The molecule has 0 radical (unpaired) electrons. The van der Waals surface area contributed by atoms with Crippen molar-refractivity contribution >= 4 is 28.5 Å². The predicted molar refractivity (Wildman–Crippen MR) is 70.5 cm³/mol. The first kappa shape index (κ1) is 12.6. The van der Waals surface area contributed by atoms with Crippen molar-refractivity contribution in [2.24, 2.45) is 0 Å². The van der Waals surface area contributed by atoms with Crippen LogP contribution in [0.5, 0.6) is 0 Å². The van der Waals surface area contributed by atoms with E-state index in [0.717, 1.165) is 6.42 Å². The maximum absolute atomic E-state index is 12.0. The lowest BCUT2D eigenvalue weighted by Gasteiger charge is -2.12. The maximum Gasteiger partial charge on any atom is 0.341 e. The van der Waals surface area contributed by atoms with Gasteiger partial charge in [0.15, 0.2) is 0 Å². The van der Waals surface area contributed by atoms with Crippen molar-refractivity contribution in [3.05, 3.63) is 45.2 Å². The van der Waals surface area contributed by atoms with Gasteiger partial charge in [-0.15, -0.1) is 0 Å². The third-order valence-corrected chi connectivity index (χ3v) is 3.05. The molecular weight excluding hydrogens is 254 g/mol. The number of halogens is 1. The summed E-state index contributed by atoms with van der Waals surface area (Å²) in [5.74, 6) is -1.22. The summed E-state index contributed by atoms with van der Waals surface area (Å²) in [6.07, 6.45) is 2.19. The van der Waals surface area contributed by atoms with Crippen LogP contribution < -0.4 is 5.43 Å². The molecule has 1 aromatic heterocycles. The Labute approximate surface area is 108 Å². The highest BCUT2D eigenvalue weighted by Gasteiger charge is 2.15. The number of aromatic nitrogens is 1. The molecule has 0 aliphatic carbocycles. The van der Waals surface area contributed by atoms with E-state index < -0.39 is 11.4 Å². The van der Waals surface area contributed by atoms with Gasteiger partial charge < -0.3 is 9.67 Å². The van der Waals surface area contributed by atoms with Crippen LogP contribution in [0, 0.1) is 0 Å². The van der Waals surface area contributed by atoms with Crippen molar-refractivity contribution in [2.45, 2.75) is 19.9 Å². The van der Waals surface area contributed by atoms with Gasteiger partial charge in [-0.3, -0.25) is 4.79 Å². The summed E-state index contributed by atoms with van der Waals surface area (Å²) >= 11 is 6.09. The smallest absolute Gasteiger partial charge is 0.341 e. The fourth-order valence-electron chi connectivity index (χ4n) is 1.98. The lowest BCUT2D eigenvalue weighted by atomic mass is 10.1. The Balaban J connectivity index is 2.92. The van der Waals surface area contributed by atoms with Crippen LogP contribution in [0.2, 0.25) is 5.02 Å². The van der Waals surface area contributed by atoms with Gasteiger partial charge in [0.25, 0.3) is 0 Å². The summed E-state index contributed by atoms with van der Waals surface area (Å²) in [6.45, 7) is 2.59. The summed E-state index contributed by atoms with van der Waals surface area (Å²) in [7, 11) is 0. The molecule has 5 heteroatoms. The van der Waals surface area contributed by atoms with Gasteiger partial charge in [0.05, 0.1) is 10.5 Å². The number of hydrogen-bond acceptors (Lipinski definition) is 2. The van der Waals surface area contributed by atoms with E-state index in [9.17, 15) is 9.59 Å². The van der Waals surface area contributed by atoms with E-state index in [0.29, 0.717) is 22.5 Å². The monoisotopic (exact) mass is 265 g/mol. The highest BCUT2D eigenvalue weighted by atomic mass is 35.5. The zero-order valence-electron chi connectivity index (χ0n) is 9.81. The van der Waals surface area contributed by atoms with Gasteiger partial charge in [-0.25, -0.2) is 4.79 Å². The molecule has 1 aromatic carbocycles. The van der Waals surface area contributed by atoms with Crippen molar-refractivity contribution in [3.63, 3.8) is 0 Å². The molecule has 1 N–H and O–H groups in total. The number of benzene rings is 1. The van der Waals surface area contributed by atoms with Crippen LogP contribution in [0.25, 0.3) is 10.9 Å². The number of hydrogen-bond donors (Lipinski definition) is 1. The minimum absolute atomic E-state index is 0.224. The second-order valence-electron chi connectivity index (χ2n) is 4.01. The zero-order chi connectivity index (χ0) is 13.3. The van der Waals surface area contributed by atoms with Crippen LogP contribution in [0.4, 0.5) is 0 Å². The lowest BCUT2D eigenvalue weighted by Crippen LogP contribution is -2.19. The Hall–Kier alpha value is -1.81. The Morgan fingerprint density at radius 1 is 1.44 bits per heavy atom. The third kappa shape index (κ3) is 1.99. The topological polar surface area (TPSA) is 59.3 Å². The van der Waals surface area contributed by atoms with Gasteiger partial charge >= 0.3 is 5.97 Å². The fourth-order valence-corrected chi connectivity index (χ4v) is 2.27. The van der Waals surface area contributed by atoms with Crippen molar-refractivity contribution < 1.29 is 9.90 Å². The molecule has 0 saturated heterocycles. The van der Waals surface area contributed by atoms with Crippen LogP contribution in [-0.2, 0) is 6.54 Å². The van der Waals surface area contributed by atoms with E-state index in [2.05, 4.69) is 0 Å². The van der Waals surface area contributed by atoms with E-state index in [4.69, 9.17) is 16.7 Å². The normalized spacial score (nSPS) is 10.8. The molecule has 0 aliphatic rings. The Bertz CT molecular complexity index is 676. The number of fused-ring (bicyclic) bond motifs is 1. The standard InChI is InChI=1S/C13H12ClNO3/c1-2-6-15-7-9(13(17)18)12(16)8-4-3-5-10(14)11(8)15/h3-5,7H,2,6H2,1H3,(H,17,18). The first-order valence-corrected chi connectivity index (χ1v) is 5.99. The van der Waals surface area contributed by atoms with Crippen LogP contribution in [-0.4, -0.2) is 15.6 Å². The molecule has 1 heterocycles. The average Bonchev–Trinajstić information content (AvgIpc) is 2.32. The first-order valence-electron chi connectivity index (χ1n) is 5.61. The van der Waals surface area contributed by atoms with E-state index in [-0.39, 0.29) is 5.56 Å². The highest BCUT2D eigenvalue weighted by molar-refractivity contribution is 6.35. The maximum atomic E-state index is 12.0. The molecule has 0 spiro atoms. The Morgan fingerprint density at radius 3 is 2.78 bits per heavy atom. The molecule has 0 aliphatic heterocycles. The number of rotatable bonds is 3. The second-order valence-corrected chi connectivity index (χ2v) is 4.41. The predicted octanol–water partition coefficient (Wildman–Crippen LogP) is 2.76. The van der Waals surface area contributed by atoms with Gasteiger partial charge in [0.1, 0.15) is 5.56 Å². The van der Waals surface area contributed by atoms with E-state index in [1.165, 1.54) is 6.20 Å². The largest absolute Gasteiger partial charge is 0.477 e. The molecule has 94 valence electrons. The highest BCUT2D eigenvalue weighted by Crippen LogP contribution is 2.22. The van der Waals surface area contributed by atoms with Gasteiger partial charge in [-0.05, 0) is 18.6 Å². The number of para-hydroxylation sites is 1. The SMILES string of the molecule is CCCn1cc(C(=O)O)c(=O)c2cccc(Cl)c21. The van der Waals surface area contributed by atoms with E-state index in [1.54, 1.807) is 22.8 Å². The molecule has 0 fully saturated rings. The summed E-state index contributed by atoms with van der Waals surface area (Å²) in [5, 5.41) is 9.84. The van der Waals surface area contributed by atoms with Crippen molar-refractivity contribution in [1.29, 1.82) is 0 Å².